The van der Waals surface area contributed by atoms with Gasteiger partial charge in [-0.1, -0.05) is 17.7 Å². The van der Waals surface area contributed by atoms with Crippen LogP contribution in [-0.2, 0) is 16.1 Å². The van der Waals surface area contributed by atoms with Crippen molar-refractivity contribution < 1.29 is 19.2 Å². The van der Waals surface area contributed by atoms with Crippen molar-refractivity contribution in [1.29, 1.82) is 0 Å². The van der Waals surface area contributed by atoms with Crippen molar-refractivity contribution in [2.75, 3.05) is 4.90 Å². The minimum atomic E-state index is -0.615. The SMILES string of the molecule is CC(=O)Oc1ccc(CN(C(C)=O)c2nc(Br)ccc2[N+](=O)[O-])c(Cl)c1. The molecule has 2 aromatic rings. The van der Waals surface area contributed by atoms with E-state index in [0.29, 0.717) is 10.2 Å². The van der Waals surface area contributed by atoms with Gasteiger partial charge in [-0.3, -0.25) is 24.6 Å². The highest BCUT2D eigenvalue weighted by Crippen LogP contribution is 2.31. The van der Waals surface area contributed by atoms with Crippen molar-refractivity contribution >= 4 is 50.9 Å². The van der Waals surface area contributed by atoms with E-state index < -0.39 is 16.8 Å². The lowest BCUT2D eigenvalue weighted by atomic mass is 10.2. The molecule has 0 N–H and O–H groups in total. The van der Waals surface area contributed by atoms with E-state index in [0.717, 1.165) is 4.90 Å². The Morgan fingerprint density at radius 3 is 2.54 bits per heavy atom. The number of esters is 1. The molecule has 0 unspecified atom stereocenters. The Labute approximate surface area is 162 Å². The molecule has 1 aromatic carbocycles. The van der Waals surface area contributed by atoms with Gasteiger partial charge in [0.2, 0.25) is 11.7 Å². The second-order valence-electron chi connectivity index (χ2n) is 5.19. The molecule has 2 rings (SSSR count). The lowest BCUT2D eigenvalue weighted by Crippen LogP contribution is -2.29. The number of ether oxygens (including phenoxy) is 1. The number of aromatic nitrogens is 1. The normalized spacial score (nSPS) is 10.3. The zero-order valence-corrected chi connectivity index (χ0v) is 16.1. The fourth-order valence-corrected chi connectivity index (χ4v) is 2.68. The smallest absolute Gasteiger partial charge is 0.312 e. The van der Waals surface area contributed by atoms with Crippen molar-refractivity contribution in [2.45, 2.75) is 20.4 Å². The van der Waals surface area contributed by atoms with Gasteiger partial charge in [0.15, 0.2) is 0 Å². The summed E-state index contributed by atoms with van der Waals surface area (Å²) in [6, 6.07) is 7.19. The van der Waals surface area contributed by atoms with Crippen LogP contribution in [0.2, 0.25) is 5.02 Å². The molecular formula is C16H13BrClN3O5. The standard InChI is InChI=1S/C16H13BrClN3O5/c1-9(22)20(16-14(21(24)25)5-6-15(17)19-16)8-11-3-4-12(7-13(11)18)26-10(2)23/h3-7H,8H2,1-2H3. The summed E-state index contributed by atoms with van der Waals surface area (Å²) in [6.07, 6.45) is 0. The van der Waals surface area contributed by atoms with Crippen molar-refractivity contribution in [2.24, 2.45) is 0 Å². The number of carbonyl (C=O) groups is 2. The Morgan fingerprint density at radius 1 is 1.31 bits per heavy atom. The lowest BCUT2D eigenvalue weighted by molar-refractivity contribution is -0.384. The first-order valence-electron chi connectivity index (χ1n) is 7.25. The summed E-state index contributed by atoms with van der Waals surface area (Å²) in [7, 11) is 0. The summed E-state index contributed by atoms with van der Waals surface area (Å²) < 4.78 is 5.29. The molecule has 0 bridgehead atoms. The Bertz CT molecular complexity index is 890. The predicted molar refractivity (Wildman–Crippen MR) is 98.2 cm³/mol. The number of carbonyl (C=O) groups excluding carboxylic acids is 2. The number of amides is 1. The molecule has 0 spiro atoms. The maximum Gasteiger partial charge on any atom is 0.312 e. The number of halogens is 2. The first-order chi connectivity index (χ1) is 12.2. The molecule has 8 nitrogen and oxygen atoms in total. The number of rotatable bonds is 5. The van der Waals surface area contributed by atoms with Crippen LogP contribution >= 0.6 is 27.5 Å². The Morgan fingerprint density at radius 2 is 2.00 bits per heavy atom. The van der Waals surface area contributed by atoms with E-state index >= 15 is 0 Å². The van der Waals surface area contributed by atoms with Crippen molar-refractivity contribution in [3.63, 3.8) is 0 Å². The maximum absolute atomic E-state index is 12.1. The van der Waals surface area contributed by atoms with Gasteiger partial charge < -0.3 is 4.74 Å². The fraction of sp³-hybridized carbons (Fsp3) is 0.188. The summed E-state index contributed by atoms with van der Waals surface area (Å²) in [4.78, 5) is 39.0. The average molecular weight is 443 g/mol. The molecule has 136 valence electrons. The van der Waals surface area contributed by atoms with Crippen molar-refractivity contribution in [1.82, 2.24) is 4.98 Å². The van der Waals surface area contributed by atoms with Gasteiger partial charge >= 0.3 is 11.7 Å². The average Bonchev–Trinajstić information content (AvgIpc) is 2.52. The van der Waals surface area contributed by atoms with E-state index in [4.69, 9.17) is 16.3 Å². The fourth-order valence-electron chi connectivity index (χ4n) is 2.15. The predicted octanol–water partition coefficient (Wildman–Crippen LogP) is 3.88. The van der Waals surface area contributed by atoms with E-state index in [2.05, 4.69) is 20.9 Å². The molecule has 0 aliphatic carbocycles. The van der Waals surface area contributed by atoms with Crippen LogP contribution in [0.3, 0.4) is 0 Å². The van der Waals surface area contributed by atoms with E-state index in [-0.39, 0.29) is 28.8 Å². The first-order valence-corrected chi connectivity index (χ1v) is 8.42. The van der Waals surface area contributed by atoms with Gasteiger partial charge in [-0.25, -0.2) is 4.98 Å². The summed E-state index contributed by atoms with van der Waals surface area (Å²) in [6.45, 7) is 2.49. The first kappa shape index (κ1) is 19.8. The number of nitrogens with zero attached hydrogens (tertiary/aromatic N) is 3. The van der Waals surface area contributed by atoms with Gasteiger partial charge in [0.05, 0.1) is 11.5 Å². The zero-order valence-electron chi connectivity index (χ0n) is 13.7. The Balaban J connectivity index is 2.42. The monoisotopic (exact) mass is 441 g/mol. The third-order valence-corrected chi connectivity index (χ3v) is 4.06. The van der Waals surface area contributed by atoms with E-state index in [1.807, 2.05) is 0 Å². The van der Waals surface area contributed by atoms with Crippen LogP contribution in [0, 0.1) is 10.1 Å². The summed E-state index contributed by atoms with van der Waals surface area (Å²) in [5.41, 5.74) is 0.199. The van der Waals surface area contributed by atoms with Crippen LogP contribution in [0.15, 0.2) is 34.9 Å². The molecule has 1 aromatic heterocycles. The molecule has 0 aliphatic heterocycles. The minimum absolute atomic E-state index is 0.0428. The number of anilines is 1. The van der Waals surface area contributed by atoms with Crippen LogP contribution < -0.4 is 9.64 Å². The number of nitro groups is 1. The molecule has 1 amide bonds. The van der Waals surface area contributed by atoms with E-state index in [9.17, 15) is 19.7 Å². The molecule has 0 aliphatic rings. The largest absolute Gasteiger partial charge is 0.427 e. The highest BCUT2D eigenvalue weighted by atomic mass is 79.9. The molecule has 0 saturated heterocycles. The topological polar surface area (TPSA) is 103 Å². The van der Waals surface area contributed by atoms with Crippen LogP contribution in [0.4, 0.5) is 11.5 Å². The van der Waals surface area contributed by atoms with Crippen molar-refractivity contribution in [3.05, 3.63) is 55.6 Å². The maximum atomic E-state index is 12.1. The minimum Gasteiger partial charge on any atom is -0.427 e. The van der Waals surface area contributed by atoms with Gasteiger partial charge in [-0.2, -0.15) is 0 Å². The van der Waals surface area contributed by atoms with Gasteiger partial charge in [-0.15, -0.1) is 0 Å². The van der Waals surface area contributed by atoms with Gasteiger partial charge in [0, 0.05) is 24.9 Å². The third-order valence-electron chi connectivity index (χ3n) is 3.27. The van der Waals surface area contributed by atoms with Crippen LogP contribution in [0.5, 0.6) is 5.75 Å². The van der Waals surface area contributed by atoms with E-state index in [1.165, 1.54) is 38.1 Å². The third kappa shape index (κ3) is 4.77. The summed E-state index contributed by atoms with van der Waals surface area (Å²) >= 11 is 9.34. The van der Waals surface area contributed by atoms with E-state index in [1.54, 1.807) is 6.07 Å². The highest BCUT2D eigenvalue weighted by molar-refractivity contribution is 9.10. The number of benzene rings is 1. The molecule has 0 fully saturated rings. The summed E-state index contributed by atoms with van der Waals surface area (Å²) in [5.74, 6) is -0.781. The summed E-state index contributed by atoms with van der Waals surface area (Å²) in [5, 5.41) is 11.5. The highest BCUT2D eigenvalue weighted by Gasteiger charge is 2.25. The van der Waals surface area contributed by atoms with Crippen molar-refractivity contribution in [3.8, 4) is 5.75 Å². The van der Waals surface area contributed by atoms with Crippen LogP contribution in [-0.4, -0.2) is 21.8 Å². The van der Waals surface area contributed by atoms with Gasteiger partial charge in [-0.05, 0) is 39.7 Å². The van der Waals surface area contributed by atoms with Crippen LogP contribution in [0.25, 0.3) is 0 Å². The number of pyridine rings is 1. The van der Waals surface area contributed by atoms with Gasteiger partial charge in [0.1, 0.15) is 10.4 Å². The molecule has 10 heteroatoms. The molecule has 1 heterocycles. The quantitative estimate of drug-likeness (QED) is 0.229. The van der Waals surface area contributed by atoms with Crippen LogP contribution in [0.1, 0.15) is 19.4 Å². The molecule has 0 saturated carbocycles. The Hall–Kier alpha value is -2.52. The van der Waals surface area contributed by atoms with Gasteiger partial charge in [0.25, 0.3) is 0 Å². The Kier molecular flexibility index (Phi) is 6.27. The molecule has 26 heavy (non-hydrogen) atoms. The molecular weight excluding hydrogens is 430 g/mol. The number of hydrogen-bond donors (Lipinski definition) is 0. The number of hydrogen-bond acceptors (Lipinski definition) is 6. The molecule has 0 atom stereocenters. The lowest BCUT2D eigenvalue weighted by Gasteiger charge is -2.21. The second-order valence-corrected chi connectivity index (χ2v) is 6.41. The zero-order chi connectivity index (χ0) is 19.4. The second kappa shape index (κ2) is 8.24. The molecule has 0 radical (unpaired) electrons.